The predicted octanol–water partition coefficient (Wildman–Crippen LogP) is 2.38. The molecule has 2 fully saturated rings. The lowest BCUT2D eigenvalue weighted by Gasteiger charge is -2.33. The third kappa shape index (κ3) is 4.54. The number of phenolic OH excluding ortho intramolecular Hbond substituents is 1. The van der Waals surface area contributed by atoms with Crippen LogP contribution in [0.2, 0.25) is 0 Å². The van der Waals surface area contributed by atoms with Gasteiger partial charge in [0.25, 0.3) is 0 Å². The molecule has 4 aromatic rings. The first-order chi connectivity index (χ1) is 15.2. The van der Waals surface area contributed by atoms with Crippen LogP contribution in [0.5, 0.6) is 5.75 Å². The van der Waals surface area contributed by atoms with Crippen LogP contribution >= 0.6 is 24.8 Å². The van der Waals surface area contributed by atoms with E-state index in [0.717, 1.165) is 31.1 Å². The molecule has 0 spiro atoms. The molecule has 2 aliphatic rings. The smallest absolute Gasteiger partial charge is 0.245 e. The van der Waals surface area contributed by atoms with Gasteiger partial charge in [0.15, 0.2) is 5.65 Å². The summed E-state index contributed by atoms with van der Waals surface area (Å²) in [5, 5.41) is 27.0. The highest BCUT2D eigenvalue weighted by molar-refractivity contribution is 5.85. The molecule has 1 aliphatic carbocycles. The summed E-state index contributed by atoms with van der Waals surface area (Å²) in [6, 6.07) is 5.86. The Bertz CT molecular complexity index is 1250. The second-order valence-electron chi connectivity index (χ2n) is 8.05. The van der Waals surface area contributed by atoms with E-state index in [1.807, 2.05) is 6.07 Å². The minimum atomic E-state index is 0. The van der Waals surface area contributed by atoms with Gasteiger partial charge in [-0.2, -0.15) is 5.10 Å². The Morgan fingerprint density at radius 1 is 1.00 bits per heavy atom. The molecule has 0 unspecified atom stereocenters. The number of aromatic hydroxyl groups is 1. The molecular weight excluding hydrogens is 465 g/mol. The van der Waals surface area contributed by atoms with Gasteiger partial charge in [-0.05, 0) is 30.9 Å². The molecule has 12 heteroatoms. The first kappa shape index (κ1) is 23.1. The Balaban J connectivity index is 0.00000130. The van der Waals surface area contributed by atoms with Gasteiger partial charge >= 0.3 is 0 Å². The zero-order chi connectivity index (χ0) is 20.8. The summed E-state index contributed by atoms with van der Waals surface area (Å²) in [5.41, 5.74) is 3.22. The van der Waals surface area contributed by atoms with E-state index < -0.39 is 0 Å². The van der Waals surface area contributed by atoms with Gasteiger partial charge in [-0.1, -0.05) is 6.07 Å². The lowest BCUT2D eigenvalue weighted by Crippen LogP contribution is -2.52. The average molecular weight is 488 g/mol. The Morgan fingerprint density at radius 3 is 2.64 bits per heavy atom. The van der Waals surface area contributed by atoms with E-state index in [9.17, 15) is 5.11 Å². The molecule has 0 amide bonds. The molecule has 10 nitrogen and oxygen atoms in total. The minimum Gasteiger partial charge on any atom is -0.507 e. The normalized spacial score (nSPS) is 17.9. The maximum absolute atomic E-state index is 10.6. The highest BCUT2D eigenvalue weighted by Crippen LogP contribution is 2.34. The fourth-order valence-corrected chi connectivity index (χ4v) is 4.10. The van der Waals surface area contributed by atoms with Crippen molar-refractivity contribution in [3.05, 3.63) is 43.1 Å². The number of piperazine rings is 1. The van der Waals surface area contributed by atoms with Crippen LogP contribution in [0.3, 0.4) is 0 Å². The van der Waals surface area contributed by atoms with Gasteiger partial charge in [0.05, 0.1) is 24.3 Å². The summed E-state index contributed by atoms with van der Waals surface area (Å²) >= 11 is 0. The minimum absolute atomic E-state index is 0. The number of rotatable bonds is 4. The molecule has 2 N–H and O–H groups in total. The highest BCUT2D eigenvalue weighted by Gasteiger charge is 2.34. The van der Waals surface area contributed by atoms with Crippen LogP contribution in [0.1, 0.15) is 12.8 Å². The van der Waals surface area contributed by atoms with Gasteiger partial charge in [-0.25, -0.2) is 14.5 Å². The number of halogens is 2. The van der Waals surface area contributed by atoms with Crippen molar-refractivity contribution in [2.45, 2.75) is 18.9 Å². The van der Waals surface area contributed by atoms with Crippen LogP contribution in [-0.4, -0.2) is 65.5 Å². The van der Waals surface area contributed by atoms with Gasteiger partial charge in [0.1, 0.15) is 17.8 Å². The Hall–Kier alpha value is -3.08. The Kier molecular flexibility index (Phi) is 6.59. The van der Waals surface area contributed by atoms with Crippen molar-refractivity contribution in [2.75, 3.05) is 24.5 Å². The van der Waals surface area contributed by atoms with Crippen molar-refractivity contribution < 1.29 is 5.11 Å². The summed E-state index contributed by atoms with van der Waals surface area (Å²) in [7, 11) is 0. The molecule has 33 heavy (non-hydrogen) atoms. The zero-order valence-electron chi connectivity index (χ0n) is 17.6. The summed E-state index contributed by atoms with van der Waals surface area (Å²) in [4.78, 5) is 15.2. The topological polar surface area (TPSA) is 117 Å². The van der Waals surface area contributed by atoms with E-state index in [4.69, 9.17) is 0 Å². The van der Waals surface area contributed by atoms with E-state index >= 15 is 0 Å². The van der Waals surface area contributed by atoms with Crippen molar-refractivity contribution >= 4 is 36.4 Å². The van der Waals surface area contributed by atoms with E-state index in [2.05, 4.69) is 40.5 Å². The van der Waals surface area contributed by atoms with Crippen LogP contribution in [0.15, 0.2) is 43.1 Å². The molecule has 1 saturated carbocycles. The van der Waals surface area contributed by atoms with E-state index in [0.29, 0.717) is 34.6 Å². The molecule has 6 rings (SSSR count). The van der Waals surface area contributed by atoms with E-state index in [1.54, 1.807) is 35.2 Å². The summed E-state index contributed by atoms with van der Waals surface area (Å²) < 4.78 is 1.64. The van der Waals surface area contributed by atoms with Crippen molar-refractivity contribution in [2.24, 2.45) is 5.92 Å². The van der Waals surface area contributed by atoms with Crippen LogP contribution in [0.25, 0.3) is 28.2 Å². The van der Waals surface area contributed by atoms with Crippen molar-refractivity contribution in [3.8, 4) is 28.3 Å². The largest absolute Gasteiger partial charge is 0.507 e. The van der Waals surface area contributed by atoms with Crippen LogP contribution in [0.4, 0.5) is 5.95 Å². The fraction of sp³-hybridized carbons (Fsp3) is 0.333. The van der Waals surface area contributed by atoms with E-state index in [1.165, 1.54) is 19.2 Å². The Morgan fingerprint density at radius 2 is 1.88 bits per heavy atom. The molecule has 4 heterocycles. The molecule has 0 radical (unpaired) electrons. The first-order valence-corrected chi connectivity index (χ1v) is 10.4. The second kappa shape index (κ2) is 9.42. The van der Waals surface area contributed by atoms with Gasteiger partial charge in [0, 0.05) is 36.8 Å². The Labute approximate surface area is 202 Å². The maximum Gasteiger partial charge on any atom is 0.245 e. The quantitative estimate of drug-likeness (QED) is 0.447. The van der Waals surface area contributed by atoms with Crippen LogP contribution in [0, 0.1) is 5.92 Å². The van der Waals surface area contributed by atoms with Crippen LogP contribution < -0.4 is 10.2 Å². The number of anilines is 1. The number of phenols is 1. The molecule has 1 aromatic carbocycles. The summed E-state index contributed by atoms with van der Waals surface area (Å²) in [6.45, 7) is 2.71. The second-order valence-corrected chi connectivity index (χ2v) is 8.05. The predicted molar refractivity (Wildman–Crippen MR) is 128 cm³/mol. The number of hydrogen-bond donors (Lipinski definition) is 2. The van der Waals surface area contributed by atoms with Gasteiger partial charge < -0.3 is 15.3 Å². The molecule has 3 aromatic heterocycles. The molecule has 0 bridgehead atoms. The summed E-state index contributed by atoms with van der Waals surface area (Å²) in [6.07, 6.45) is 9.18. The lowest BCUT2D eigenvalue weighted by atomic mass is 10.1. The number of nitrogens with zero attached hydrogens (tertiary/aromatic N) is 8. The van der Waals surface area contributed by atoms with Crippen molar-refractivity contribution in [1.29, 1.82) is 0 Å². The molecular formula is C21H23Cl2N9O. The SMILES string of the molecule is Cl.Cl.Oc1cc(-c2cn3ncnc3cn2)ccc1-c1cnc(N2CCN[C@@H](C3CC3)C2)nn1. The fourth-order valence-electron chi connectivity index (χ4n) is 4.10. The third-order valence-electron chi connectivity index (χ3n) is 5.96. The number of hydrogen-bond acceptors (Lipinski definition) is 9. The van der Waals surface area contributed by atoms with Gasteiger partial charge in [0.2, 0.25) is 5.95 Å². The first-order valence-electron chi connectivity index (χ1n) is 10.4. The third-order valence-corrected chi connectivity index (χ3v) is 5.96. The van der Waals surface area contributed by atoms with Crippen molar-refractivity contribution in [1.82, 2.24) is 40.1 Å². The summed E-state index contributed by atoms with van der Waals surface area (Å²) in [5.74, 6) is 1.51. The molecule has 1 atom stereocenters. The van der Waals surface area contributed by atoms with E-state index in [-0.39, 0.29) is 30.6 Å². The number of benzene rings is 1. The lowest BCUT2D eigenvalue weighted by molar-refractivity contribution is 0.414. The number of aromatic nitrogens is 7. The molecule has 1 aliphatic heterocycles. The van der Waals surface area contributed by atoms with Crippen LogP contribution in [-0.2, 0) is 0 Å². The number of fused-ring (bicyclic) bond motifs is 1. The maximum atomic E-state index is 10.6. The van der Waals surface area contributed by atoms with Gasteiger partial charge in [-0.3, -0.25) is 4.98 Å². The standard InChI is InChI=1S/C21H21N9O.2ClH/c31-19-7-14(18-11-30-20(9-23-18)25-12-26-30)3-4-15(19)16-8-24-21(28-27-16)29-6-5-22-17(10-29)13-1-2-13;;/h3-4,7-9,11-13,17,22,31H,1-2,5-6,10H2;2*1H/t17-;;/m1../s1. The zero-order valence-corrected chi connectivity index (χ0v) is 19.2. The molecule has 172 valence electrons. The number of nitrogens with one attached hydrogen (secondary N) is 1. The average Bonchev–Trinajstić information content (AvgIpc) is 3.56. The van der Waals surface area contributed by atoms with Gasteiger partial charge in [-0.15, -0.1) is 35.0 Å². The monoisotopic (exact) mass is 487 g/mol. The highest BCUT2D eigenvalue weighted by atomic mass is 35.5. The van der Waals surface area contributed by atoms with Crippen molar-refractivity contribution in [3.63, 3.8) is 0 Å². The molecule has 1 saturated heterocycles.